The molecule has 3 N–H and O–H groups in total. The van der Waals surface area contributed by atoms with Gasteiger partial charge in [-0.25, -0.2) is 0 Å². The van der Waals surface area contributed by atoms with Crippen LogP contribution in [0.25, 0.3) is 0 Å². The van der Waals surface area contributed by atoms with Crippen LogP contribution >= 0.6 is 24.0 Å². The molecule has 1 aliphatic carbocycles. The van der Waals surface area contributed by atoms with Crippen LogP contribution < -0.4 is 11.1 Å². The minimum Gasteiger partial charge on any atom is -0.349 e. The van der Waals surface area contributed by atoms with Crippen molar-refractivity contribution in [2.75, 3.05) is 0 Å². The average molecular weight is 331 g/mol. The maximum atomic E-state index is 12.0. The predicted molar refractivity (Wildman–Crippen MR) is 89.7 cm³/mol. The van der Waals surface area contributed by atoms with E-state index in [0.717, 1.165) is 17.0 Å². The van der Waals surface area contributed by atoms with Crippen molar-refractivity contribution in [3.63, 3.8) is 0 Å². The second-order valence-corrected chi connectivity index (χ2v) is 6.43. The molecule has 5 heteroatoms. The molecule has 1 fully saturated rings. The number of carbonyl (C=O) groups is 1. The summed E-state index contributed by atoms with van der Waals surface area (Å²) in [5.74, 6) is 1.29. The van der Waals surface area contributed by atoms with E-state index in [2.05, 4.69) is 12.2 Å². The Labute approximate surface area is 138 Å². The van der Waals surface area contributed by atoms with Crippen molar-refractivity contribution in [1.82, 2.24) is 5.32 Å². The van der Waals surface area contributed by atoms with Crippen molar-refractivity contribution in [3.05, 3.63) is 34.9 Å². The molecule has 0 aromatic heterocycles. The summed E-state index contributed by atoms with van der Waals surface area (Å²) < 4.78 is 0. The summed E-state index contributed by atoms with van der Waals surface area (Å²) in [4.78, 5) is 12.0. The molecule has 1 aliphatic rings. The van der Waals surface area contributed by atoms with Gasteiger partial charge in [0.1, 0.15) is 0 Å². The SMILES string of the molecule is CC(N)CCC(=O)NC(c1ccc(Cl)cc1)C1CC1C.Cl. The van der Waals surface area contributed by atoms with Crippen LogP contribution in [-0.2, 0) is 4.79 Å². The summed E-state index contributed by atoms with van der Waals surface area (Å²) in [6.07, 6.45) is 2.38. The molecule has 0 aliphatic heterocycles. The Bertz CT molecular complexity index is 462. The fourth-order valence-electron chi connectivity index (χ4n) is 2.53. The zero-order chi connectivity index (χ0) is 14.7. The first-order valence-electron chi connectivity index (χ1n) is 7.27. The van der Waals surface area contributed by atoms with E-state index >= 15 is 0 Å². The molecule has 0 heterocycles. The first-order chi connectivity index (χ1) is 9.47. The van der Waals surface area contributed by atoms with Gasteiger partial charge in [0.2, 0.25) is 5.91 Å². The van der Waals surface area contributed by atoms with Crippen LogP contribution in [-0.4, -0.2) is 11.9 Å². The molecule has 0 saturated heterocycles. The smallest absolute Gasteiger partial charge is 0.220 e. The highest BCUT2D eigenvalue weighted by Gasteiger charge is 2.40. The monoisotopic (exact) mass is 330 g/mol. The quantitative estimate of drug-likeness (QED) is 0.835. The fourth-order valence-corrected chi connectivity index (χ4v) is 2.65. The summed E-state index contributed by atoms with van der Waals surface area (Å²) in [5.41, 5.74) is 6.84. The van der Waals surface area contributed by atoms with E-state index in [1.807, 2.05) is 31.2 Å². The van der Waals surface area contributed by atoms with Gasteiger partial charge in [-0.3, -0.25) is 4.79 Å². The van der Waals surface area contributed by atoms with E-state index in [-0.39, 0.29) is 30.4 Å². The van der Waals surface area contributed by atoms with E-state index in [1.54, 1.807) is 0 Å². The average Bonchev–Trinajstić information content (AvgIpc) is 3.11. The molecule has 1 aromatic rings. The lowest BCUT2D eigenvalue weighted by molar-refractivity contribution is -0.122. The number of benzene rings is 1. The molecule has 4 atom stereocenters. The van der Waals surface area contributed by atoms with Crippen molar-refractivity contribution in [3.8, 4) is 0 Å². The number of hydrogen-bond acceptors (Lipinski definition) is 2. The number of hydrogen-bond donors (Lipinski definition) is 2. The zero-order valence-corrected chi connectivity index (χ0v) is 14.1. The third-order valence-corrected chi connectivity index (χ3v) is 4.22. The molecule has 2 rings (SSSR count). The van der Waals surface area contributed by atoms with Gasteiger partial charge in [0.05, 0.1) is 6.04 Å². The molecule has 1 saturated carbocycles. The van der Waals surface area contributed by atoms with Crippen molar-refractivity contribution in [2.24, 2.45) is 17.6 Å². The Kier molecular flexibility index (Phi) is 6.98. The van der Waals surface area contributed by atoms with E-state index in [9.17, 15) is 4.79 Å². The summed E-state index contributed by atoms with van der Waals surface area (Å²) in [5, 5.41) is 3.88. The van der Waals surface area contributed by atoms with E-state index in [1.165, 1.54) is 6.42 Å². The van der Waals surface area contributed by atoms with E-state index in [0.29, 0.717) is 18.3 Å². The number of carbonyl (C=O) groups excluding carboxylic acids is 1. The number of amides is 1. The highest BCUT2D eigenvalue weighted by atomic mass is 35.5. The first kappa shape index (κ1) is 18.3. The summed E-state index contributed by atoms with van der Waals surface area (Å²) in [6, 6.07) is 7.93. The van der Waals surface area contributed by atoms with Gasteiger partial charge in [-0.1, -0.05) is 30.7 Å². The van der Waals surface area contributed by atoms with E-state index < -0.39 is 0 Å². The molecule has 1 aromatic carbocycles. The van der Waals surface area contributed by atoms with Gasteiger partial charge in [-0.2, -0.15) is 0 Å². The lowest BCUT2D eigenvalue weighted by Crippen LogP contribution is -2.31. The predicted octanol–water partition coefficient (Wildman–Crippen LogP) is 3.70. The molecular weight excluding hydrogens is 307 g/mol. The number of nitrogens with one attached hydrogen (secondary N) is 1. The topological polar surface area (TPSA) is 55.1 Å². The van der Waals surface area contributed by atoms with Crippen LogP contribution in [0.5, 0.6) is 0 Å². The minimum absolute atomic E-state index is 0. The van der Waals surface area contributed by atoms with Gasteiger partial charge in [-0.05, 0) is 49.3 Å². The Balaban J connectivity index is 0.00000220. The van der Waals surface area contributed by atoms with Crippen LogP contribution in [0.3, 0.4) is 0 Å². The van der Waals surface area contributed by atoms with Crippen LogP contribution in [0.4, 0.5) is 0 Å². The second-order valence-electron chi connectivity index (χ2n) is 5.99. The largest absolute Gasteiger partial charge is 0.349 e. The first-order valence-corrected chi connectivity index (χ1v) is 7.65. The molecule has 3 nitrogen and oxygen atoms in total. The van der Waals surface area contributed by atoms with Crippen LogP contribution in [0.15, 0.2) is 24.3 Å². The Hall–Kier alpha value is -0.770. The van der Waals surface area contributed by atoms with Gasteiger partial charge in [0, 0.05) is 17.5 Å². The molecule has 21 heavy (non-hydrogen) atoms. The van der Waals surface area contributed by atoms with Crippen molar-refractivity contribution >= 4 is 29.9 Å². The third kappa shape index (κ3) is 5.50. The fraction of sp³-hybridized carbons (Fsp3) is 0.562. The maximum Gasteiger partial charge on any atom is 0.220 e. The Morgan fingerprint density at radius 2 is 2.00 bits per heavy atom. The highest BCUT2D eigenvalue weighted by Crippen LogP contribution is 2.47. The van der Waals surface area contributed by atoms with Crippen LogP contribution in [0.2, 0.25) is 5.02 Å². The molecule has 0 spiro atoms. The normalized spacial score (nSPS) is 22.9. The zero-order valence-electron chi connectivity index (χ0n) is 12.5. The van der Waals surface area contributed by atoms with Gasteiger partial charge in [-0.15, -0.1) is 12.4 Å². The van der Waals surface area contributed by atoms with Crippen molar-refractivity contribution in [2.45, 2.75) is 45.2 Å². The maximum absolute atomic E-state index is 12.0. The minimum atomic E-state index is 0. The lowest BCUT2D eigenvalue weighted by atomic mass is 10.0. The number of halogens is 2. The van der Waals surface area contributed by atoms with Crippen LogP contribution in [0.1, 0.15) is 44.7 Å². The van der Waals surface area contributed by atoms with Gasteiger partial charge in [0.15, 0.2) is 0 Å². The molecule has 0 radical (unpaired) electrons. The molecule has 1 amide bonds. The summed E-state index contributed by atoms with van der Waals surface area (Å²) >= 11 is 5.93. The lowest BCUT2D eigenvalue weighted by Gasteiger charge is -2.20. The van der Waals surface area contributed by atoms with Gasteiger partial charge in [0.25, 0.3) is 0 Å². The standard InChI is InChI=1S/C16H23ClN2O.ClH/c1-10-9-14(10)16(12-4-6-13(17)7-5-12)19-15(20)8-3-11(2)18;/h4-7,10-11,14,16H,3,8-9,18H2,1-2H3,(H,19,20);1H. The molecule has 4 unspecified atom stereocenters. The van der Waals surface area contributed by atoms with Crippen LogP contribution in [0, 0.1) is 11.8 Å². The third-order valence-electron chi connectivity index (χ3n) is 3.97. The van der Waals surface area contributed by atoms with E-state index in [4.69, 9.17) is 17.3 Å². The summed E-state index contributed by atoms with van der Waals surface area (Å²) in [6.45, 7) is 4.15. The van der Waals surface area contributed by atoms with Gasteiger partial charge >= 0.3 is 0 Å². The Morgan fingerprint density at radius 1 is 1.43 bits per heavy atom. The number of rotatable bonds is 6. The highest BCUT2D eigenvalue weighted by molar-refractivity contribution is 6.30. The molecule has 118 valence electrons. The number of nitrogens with two attached hydrogens (primary N) is 1. The molecule has 0 bridgehead atoms. The second kappa shape index (κ2) is 8.02. The molecular formula is C16H24Cl2N2O. The Morgan fingerprint density at radius 3 is 2.48 bits per heavy atom. The van der Waals surface area contributed by atoms with Crippen molar-refractivity contribution in [1.29, 1.82) is 0 Å². The van der Waals surface area contributed by atoms with Crippen molar-refractivity contribution < 1.29 is 4.79 Å². The summed E-state index contributed by atoms with van der Waals surface area (Å²) in [7, 11) is 0. The van der Waals surface area contributed by atoms with Gasteiger partial charge < -0.3 is 11.1 Å².